The third kappa shape index (κ3) is 5.67. The highest BCUT2D eigenvalue weighted by Gasteiger charge is 2.24. The highest BCUT2D eigenvalue weighted by atomic mass is 16.6. The molecule has 0 saturated carbocycles. The molecule has 1 heterocycles. The Morgan fingerprint density at radius 1 is 0.846 bits per heavy atom. The smallest absolute Gasteiger partial charge is 0.347 e. The molecule has 0 saturated heterocycles. The average Bonchev–Trinajstić information content (AvgIpc) is 3.42. The molecule has 7 nitrogen and oxygen atoms in total. The highest BCUT2D eigenvalue weighted by Crippen LogP contribution is 2.37. The molecule has 0 fully saturated rings. The molecule has 2 aliphatic rings. The largest absolute Gasteiger partial charge is 0.497 e. The number of hydrogen-bond acceptors (Lipinski definition) is 7. The molecular formula is C32H27NO6. The van der Waals surface area contributed by atoms with E-state index in [1.165, 1.54) is 6.26 Å². The third-order valence-corrected chi connectivity index (χ3v) is 6.38. The number of esters is 1. The lowest BCUT2D eigenvalue weighted by Crippen LogP contribution is -2.31. The molecule has 1 unspecified atom stereocenters. The van der Waals surface area contributed by atoms with Gasteiger partial charge in [-0.3, -0.25) is 4.79 Å². The summed E-state index contributed by atoms with van der Waals surface area (Å²) in [6.45, 7) is 2.04. The highest BCUT2D eigenvalue weighted by molar-refractivity contribution is 6.14. The summed E-state index contributed by atoms with van der Waals surface area (Å²) < 4.78 is 21.9. The van der Waals surface area contributed by atoms with Gasteiger partial charge in [0.1, 0.15) is 23.5 Å². The van der Waals surface area contributed by atoms with Crippen molar-refractivity contribution in [2.24, 2.45) is 0 Å². The summed E-state index contributed by atoms with van der Waals surface area (Å²) in [6.07, 6.45) is 1.09. The predicted molar refractivity (Wildman–Crippen MR) is 146 cm³/mol. The van der Waals surface area contributed by atoms with Crippen LogP contribution in [0.1, 0.15) is 28.4 Å². The number of ketones is 1. The van der Waals surface area contributed by atoms with Crippen LogP contribution in [0.25, 0.3) is 22.4 Å². The zero-order chi connectivity index (χ0) is 27.2. The first-order chi connectivity index (χ1) is 19.1. The van der Waals surface area contributed by atoms with Gasteiger partial charge in [0.2, 0.25) is 0 Å². The van der Waals surface area contributed by atoms with Crippen molar-refractivity contribution in [3.63, 3.8) is 0 Å². The van der Waals surface area contributed by atoms with Gasteiger partial charge in [-0.2, -0.15) is 0 Å². The number of aromatic nitrogens is 1. The molecule has 39 heavy (non-hydrogen) atoms. The molecule has 1 aliphatic heterocycles. The second kappa shape index (κ2) is 11.6. The van der Waals surface area contributed by atoms with Crippen LogP contribution >= 0.6 is 0 Å². The number of ether oxygens (including phenoxy) is 3. The van der Waals surface area contributed by atoms with E-state index in [1.807, 2.05) is 48.5 Å². The number of benzene rings is 3. The minimum Gasteiger partial charge on any atom is -0.497 e. The van der Waals surface area contributed by atoms with E-state index in [-0.39, 0.29) is 12.4 Å². The fourth-order valence-corrected chi connectivity index (χ4v) is 4.40. The van der Waals surface area contributed by atoms with E-state index in [0.29, 0.717) is 40.3 Å². The van der Waals surface area contributed by atoms with Gasteiger partial charge >= 0.3 is 5.97 Å². The maximum atomic E-state index is 13.2. The van der Waals surface area contributed by atoms with Gasteiger partial charge in [-0.15, -0.1) is 0 Å². The molecule has 7 heteroatoms. The van der Waals surface area contributed by atoms with E-state index >= 15 is 0 Å². The van der Waals surface area contributed by atoms with Crippen LogP contribution in [0.15, 0.2) is 102 Å². The Balaban J connectivity index is 1.35. The molecule has 0 radical (unpaired) electrons. The number of carbonyl (C=O) groups excluding carboxylic acids is 2. The Bertz CT molecular complexity index is 1520. The van der Waals surface area contributed by atoms with E-state index in [4.69, 9.17) is 18.7 Å². The van der Waals surface area contributed by atoms with E-state index in [2.05, 4.69) is 5.16 Å². The van der Waals surface area contributed by atoms with Crippen LogP contribution in [0.4, 0.5) is 0 Å². The SMILES string of the molecule is CCOC(=O)C(Cc1ccccc1)Oc1ccc(-c2nocc3c(C(=O)c4ccc(OC)cc4)ccc2-3)cc1. The third-order valence-electron chi connectivity index (χ3n) is 6.38. The standard InChI is InChI=1S/C32H27NO6/c1-3-37-32(35)29(19-21-7-5-4-6-8-21)39-25-15-9-22(10-16-25)30-26-17-18-27(28(26)20-38-33-30)31(34)23-11-13-24(36-2)14-12-23/h4-18,20,29H,3,19H2,1-2H3. The fourth-order valence-electron chi connectivity index (χ4n) is 4.40. The summed E-state index contributed by atoms with van der Waals surface area (Å²) in [5, 5.41) is 4.23. The Morgan fingerprint density at radius 3 is 2.26 bits per heavy atom. The van der Waals surface area contributed by atoms with E-state index in [9.17, 15) is 9.59 Å². The number of methoxy groups -OCH3 is 1. The lowest BCUT2D eigenvalue weighted by Gasteiger charge is -2.18. The van der Waals surface area contributed by atoms with Crippen LogP contribution in [0.2, 0.25) is 0 Å². The molecule has 3 aromatic rings. The van der Waals surface area contributed by atoms with Crippen LogP contribution in [0.5, 0.6) is 11.5 Å². The Hall–Kier alpha value is -4.91. The van der Waals surface area contributed by atoms with Gasteiger partial charge in [-0.25, -0.2) is 4.79 Å². The van der Waals surface area contributed by atoms with Crippen LogP contribution in [-0.2, 0) is 16.0 Å². The van der Waals surface area contributed by atoms with E-state index < -0.39 is 12.1 Å². The minimum atomic E-state index is -0.781. The Morgan fingerprint density at radius 2 is 1.56 bits per heavy atom. The summed E-state index contributed by atoms with van der Waals surface area (Å²) in [5.41, 5.74) is 4.89. The average molecular weight is 522 g/mol. The molecule has 0 amide bonds. The number of hydrogen-bond donors (Lipinski definition) is 0. The van der Waals surface area contributed by atoms with Crippen LogP contribution in [-0.4, -0.2) is 36.7 Å². The Labute approximate surface area is 226 Å². The topological polar surface area (TPSA) is 87.9 Å². The second-order valence-corrected chi connectivity index (χ2v) is 8.87. The zero-order valence-electron chi connectivity index (χ0n) is 21.6. The monoisotopic (exact) mass is 521 g/mol. The normalized spacial score (nSPS) is 11.6. The van der Waals surface area contributed by atoms with Crippen molar-refractivity contribution in [3.05, 3.63) is 114 Å². The summed E-state index contributed by atoms with van der Waals surface area (Å²) in [5.74, 6) is 0.671. The molecule has 0 N–H and O–H groups in total. The summed E-state index contributed by atoms with van der Waals surface area (Å²) in [7, 11) is 1.58. The van der Waals surface area contributed by atoms with Gasteiger partial charge in [0.25, 0.3) is 0 Å². The van der Waals surface area contributed by atoms with Gasteiger partial charge in [0, 0.05) is 34.2 Å². The predicted octanol–water partition coefficient (Wildman–Crippen LogP) is 6.24. The number of rotatable bonds is 10. The van der Waals surface area contributed by atoms with Crippen molar-refractivity contribution in [2.45, 2.75) is 19.4 Å². The van der Waals surface area contributed by atoms with Gasteiger partial charge in [0.05, 0.1) is 13.7 Å². The minimum absolute atomic E-state index is 0.118. The van der Waals surface area contributed by atoms with Gasteiger partial charge in [-0.1, -0.05) is 41.6 Å². The molecule has 1 aliphatic carbocycles. The first-order valence-electron chi connectivity index (χ1n) is 12.6. The lowest BCUT2D eigenvalue weighted by molar-refractivity contribution is -0.151. The van der Waals surface area contributed by atoms with E-state index in [1.54, 1.807) is 56.5 Å². The molecule has 0 bridgehead atoms. The van der Waals surface area contributed by atoms with Gasteiger partial charge in [0.15, 0.2) is 11.9 Å². The van der Waals surface area contributed by atoms with Gasteiger partial charge < -0.3 is 18.7 Å². The molecular weight excluding hydrogens is 494 g/mol. The van der Waals surface area contributed by atoms with Crippen molar-refractivity contribution in [3.8, 4) is 33.9 Å². The van der Waals surface area contributed by atoms with Gasteiger partial charge in [-0.05, 0) is 67.1 Å². The summed E-state index contributed by atoms with van der Waals surface area (Å²) in [6, 6.07) is 27.5. The molecule has 0 aromatic heterocycles. The maximum Gasteiger partial charge on any atom is 0.347 e. The van der Waals surface area contributed by atoms with Crippen LogP contribution in [0, 0.1) is 0 Å². The lowest BCUT2D eigenvalue weighted by atomic mass is 9.98. The summed E-state index contributed by atoms with van der Waals surface area (Å²) in [4.78, 5) is 25.8. The number of fused-ring (bicyclic) bond motifs is 1. The first-order valence-corrected chi connectivity index (χ1v) is 12.6. The van der Waals surface area contributed by atoms with Crippen molar-refractivity contribution in [1.29, 1.82) is 0 Å². The van der Waals surface area contributed by atoms with Crippen molar-refractivity contribution in [2.75, 3.05) is 13.7 Å². The molecule has 3 aromatic carbocycles. The summed E-state index contributed by atoms with van der Waals surface area (Å²) >= 11 is 0. The molecule has 1 atom stereocenters. The first kappa shape index (κ1) is 25.7. The Kier molecular flexibility index (Phi) is 7.68. The van der Waals surface area contributed by atoms with Crippen molar-refractivity contribution < 1.29 is 28.3 Å². The zero-order valence-corrected chi connectivity index (χ0v) is 21.6. The number of nitrogens with zero attached hydrogens (tertiary/aromatic N) is 1. The molecule has 196 valence electrons. The molecule has 0 spiro atoms. The van der Waals surface area contributed by atoms with E-state index in [0.717, 1.165) is 16.7 Å². The molecule has 5 rings (SSSR count). The van der Waals surface area contributed by atoms with Crippen LogP contribution in [0.3, 0.4) is 0 Å². The van der Waals surface area contributed by atoms with Crippen LogP contribution < -0.4 is 9.47 Å². The quantitative estimate of drug-likeness (QED) is 0.159. The van der Waals surface area contributed by atoms with Crippen molar-refractivity contribution in [1.82, 2.24) is 5.16 Å². The second-order valence-electron chi connectivity index (χ2n) is 8.87. The number of carbonyl (C=O) groups is 2. The fraction of sp³-hybridized carbons (Fsp3) is 0.156. The maximum absolute atomic E-state index is 13.2. The van der Waals surface area contributed by atoms with Crippen molar-refractivity contribution >= 4 is 11.8 Å².